The smallest absolute Gasteiger partial charge is 0.289 e. The molecule has 1 fully saturated rings. The van der Waals surface area contributed by atoms with Gasteiger partial charge in [-0.2, -0.15) is 0 Å². The minimum atomic E-state index is -0.0310. The zero-order chi connectivity index (χ0) is 13.4. The quantitative estimate of drug-likeness (QED) is 0.884. The monoisotopic (exact) mass is 258 g/mol. The Morgan fingerprint density at radius 3 is 2.95 bits per heavy atom. The maximum absolute atomic E-state index is 12.4. The number of imidazole rings is 1. The second-order valence-electron chi connectivity index (χ2n) is 5.22. The maximum Gasteiger partial charge on any atom is 0.289 e. The van der Waals surface area contributed by atoms with Gasteiger partial charge < -0.3 is 14.8 Å². The lowest BCUT2D eigenvalue weighted by molar-refractivity contribution is 0.0726. The molecule has 1 aromatic carbocycles. The van der Waals surface area contributed by atoms with E-state index in [1.54, 1.807) is 4.90 Å². The van der Waals surface area contributed by atoms with E-state index in [9.17, 15) is 4.79 Å². The fraction of sp³-hybridized carbons (Fsp3) is 0.429. The fourth-order valence-electron chi connectivity index (χ4n) is 2.61. The molecule has 5 heteroatoms. The number of hydrogen-bond donors (Lipinski definition) is 1. The van der Waals surface area contributed by atoms with Crippen molar-refractivity contribution in [1.29, 1.82) is 0 Å². The molecule has 3 rings (SSSR count). The summed E-state index contributed by atoms with van der Waals surface area (Å²) in [6.45, 7) is 1.98. The number of H-pyrrole nitrogens is 1. The standard InChI is InChI=1S/C14H18N4O/c1-17-8-7-10(9-17)18(2)14(19)13-15-11-5-3-4-6-12(11)16-13/h3-6,10H,7-9H2,1-2H3,(H,15,16)/t10-/m0/s1. The number of aromatic nitrogens is 2. The van der Waals surface area contributed by atoms with E-state index in [0.717, 1.165) is 30.5 Å². The highest BCUT2D eigenvalue weighted by Crippen LogP contribution is 2.16. The van der Waals surface area contributed by atoms with Gasteiger partial charge in [0.05, 0.1) is 11.0 Å². The summed E-state index contributed by atoms with van der Waals surface area (Å²) < 4.78 is 0. The van der Waals surface area contributed by atoms with Gasteiger partial charge in [0, 0.05) is 19.6 Å². The molecule has 0 radical (unpaired) electrons. The van der Waals surface area contributed by atoms with E-state index in [-0.39, 0.29) is 11.9 Å². The van der Waals surface area contributed by atoms with E-state index in [1.807, 2.05) is 31.3 Å². The van der Waals surface area contributed by atoms with E-state index in [4.69, 9.17) is 0 Å². The summed E-state index contributed by atoms with van der Waals surface area (Å²) in [6.07, 6.45) is 1.03. The summed E-state index contributed by atoms with van der Waals surface area (Å²) in [5.41, 5.74) is 1.74. The topological polar surface area (TPSA) is 52.2 Å². The van der Waals surface area contributed by atoms with Crippen LogP contribution < -0.4 is 0 Å². The molecular weight excluding hydrogens is 240 g/mol. The number of hydrogen-bond acceptors (Lipinski definition) is 3. The van der Waals surface area contributed by atoms with Gasteiger partial charge in [0.2, 0.25) is 0 Å². The Bertz CT molecular complexity index is 573. The van der Waals surface area contributed by atoms with Crippen LogP contribution in [0.5, 0.6) is 0 Å². The number of aromatic amines is 1. The molecule has 0 saturated carbocycles. The van der Waals surface area contributed by atoms with Crippen LogP contribution in [0.2, 0.25) is 0 Å². The molecule has 5 nitrogen and oxygen atoms in total. The highest BCUT2D eigenvalue weighted by Gasteiger charge is 2.28. The van der Waals surface area contributed by atoms with Crippen molar-refractivity contribution < 1.29 is 4.79 Å². The summed E-state index contributed by atoms with van der Waals surface area (Å²) >= 11 is 0. The second kappa shape index (κ2) is 4.66. The molecule has 1 N–H and O–H groups in total. The minimum Gasteiger partial charge on any atom is -0.335 e. The number of rotatable bonds is 2. The van der Waals surface area contributed by atoms with Gasteiger partial charge >= 0.3 is 0 Å². The van der Waals surface area contributed by atoms with E-state index < -0.39 is 0 Å². The number of likely N-dealkylation sites (tertiary alicyclic amines) is 1. The molecule has 1 aliphatic rings. The maximum atomic E-state index is 12.4. The van der Waals surface area contributed by atoms with Gasteiger partial charge in [0.25, 0.3) is 5.91 Å². The predicted octanol–water partition coefficient (Wildman–Crippen LogP) is 1.34. The van der Waals surface area contributed by atoms with Gasteiger partial charge in [-0.3, -0.25) is 4.79 Å². The molecule has 19 heavy (non-hydrogen) atoms. The van der Waals surface area contributed by atoms with Crippen molar-refractivity contribution in [3.63, 3.8) is 0 Å². The lowest BCUT2D eigenvalue weighted by Gasteiger charge is -2.23. The van der Waals surface area contributed by atoms with Gasteiger partial charge in [0.15, 0.2) is 5.82 Å². The Labute approximate surface area is 112 Å². The number of benzene rings is 1. The van der Waals surface area contributed by atoms with Crippen LogP contribution >= 0.6 is 0 Å². The van der Waals surface area contributed by atoms with E-state index >= 15 is 0 Å². The Balaban J connectivity index is 1.83. The summed E-state index contributed by atoms with van der Waals surface area (Å²) in [7, 11) is 3.94. The van der Waals surface area contributed by atoms with E-state index in [1.165, 1.54) is 0 Å². The predicted molar refractivity (Wildman–Crippen MR) is 74.1 cm³/mol. The Morgan fingerprint density at radius 2 is 2.26 bits per heavy atom. The van der Waals surface area contributed by atoms with Gasteiger partial charge in [-0.25, -0.2) is 4.98 Å². The Morgan fingerprint density at radius 1 is 1.47 bits per heavy atom. The van der Waals surface area contributed by atoms with Crippen LogP contribution in [0.15, 0.2) is 24.3 Å². The number of fused-ring (bicyclic) bond motifs is 1. The molecular formula is C14H18N4O. The number of nitrogens with one attached hydrogen (secondary N) is 1. The second-order valence-corrected chi connectivity index (χ2v) is 5.22. The van der Waals surface area contributed by atoms with Gasteiger partial charge in [-0.1, -0.05) is 12.1 Å². The summed E-state index contributed by atoms with van der Waals surface area (Å²) in [6, 6.07) is 7.98. The molecule has 2 heterocycles. The lowest BCUT2D eigenvalue weighted by atomic mass is 10.2. The summed E-state index contributed by atoms with van der Waals surface area (Å²) in [5, 5.41) is 0. The van der Waals surface area contributed by atoms with Crippen molar-refractivity contribution in [2.45, 2.75) is 12.5 Å². The normalized spacial score (nSPS) is 20.0. The first kappa shape index (κ1) is 12.2. The number of carbonyl (C=O) groups is 1. The SMILES string of the molecule is CN1CC[C@H](N(C)C(=O)c2nc3ccccc3[nH]2)C1. The molecule has 1 saturated heterocycles. The van der Waals surface area contributed by atoms with E-state index in [0.29, 0.717) is 5.82 Å². The molecule has 1 atom stereocenters. The number of carbonyl (C=O) groups excluding carboxylic acids is 1. The van der Waals surface area contributed by atoms with Crippen molar-refractivity contribution in [3.05, 3.63) is 30.1 Å². The third-order valence-corrected chi connectivity index (χ3v) is 3.83. The molecule has 100 valence electrons. The summed E-state index contributed by atoms with van der Waals surface area (Å²) in [5.74, 6) is 0.398. The van der Waals surface area contributed by atoms with Gasteiger partial charge in [-0.05, 0) is 32.1 Å². The first-order valence-corrected chi connectivity index (χ1v) is 6.55. The van der Waals surface area contributed by atoms with Gasteiger partial charge in [-0.15, -0.1) is 0 Å². The average Bonchev–Trinajstić information content (AvgIpc) is 3.02. The number of nitrogens with zero attached hydrogens (tertiary/aromatic N) is 3. The van der Waals surface area contributed by atoms with Crippen molar-refractivity contribution in [3.8, 4) is 0 Å². The fourth-order valence-corrected chi connectivity index (χ4v) is 2.61. The van der Waals surface area contributed by atoms with Gasteiger partial charge in [0.1, 0.15) is 0 Å². The van der Waals surface area contributed by atoms with Crippen LogP contribution in [-0.4, -0.2) is 58.9 Å². The lowest BCUT2D eigenvalue weighted by Crippen LogP contribution is -2.39. The van der Waals surface area contributed by atoms with Crippen molar-refractivity contribution >= 4 is 16.9 Å². The zero-order valence-corrected chi connectivity index (χ0v) is 11.3. The highest BCUT2D eigenvalue weighted by molar-refractivity contribution is 5.94. The van der Waals surface area contributed by atoms with Crippen LogP contribution in [0.4, 0.5) is 0 Å². The Kier molecular flexibility index (Phi) is 2.98. The molecule has 1 amide bonds. The van der Waals surface area contributed by atoms with E-state index in [2.05, 4.69) is 21.9 Å². The average molecular weight is 258 g/mol. The number of para-hydroxylation sites is 2. The van der Waals surface area contributed by atoms with Crippen molar-refractivity contribution in [1.82, 2.24) is 19.8 Å². The third kappa shape index (κ3) is 2.21. The Hall–Kier alpha value is -1.88. The van der Waals surface area contributed by atoms with Crippen LogP contribution in [0, 0.1) is 0 Å². The van der Waals surface area contributed by atoms with Crippen molar-refractivity contribution in [2.75, 3.05) is 27.2 Å². The first-order chi connectivity index (χ1) is 9.15. The zero-order valence-electron chi connectivity index (χ0n) is 11.3. The van der Waals surface area contributed by atoms with Crippen LogP contribution in [0.3, 0.4) is 0 Å². The largest absolute Gasteiger partial charge is 0.335 e. The molecule has 0 spiro atoms. The van der Waals surface area contributed by atoms with Crippen LogP contribution in [0.1, 0.15) is 17.0 Å². The first-order valence-electron chi connectivity index (χ1n) is 6.55. The third-order valence-electron chi connectivity index (χ3n) is 3.83. The molecule has 0 aliphatic carbocycles. The molecule has 1 aromatic heterocycles. The summed E-state index contributed by atoms with van der Waals surface area (Å²) in [4.78, 5) is 23.9. The van der Waals surface area contributed by atoms with Crippen molar-refractivity contribution in [2.24, 2.45) is 0 Å². The van der Waals surface area contributed by atoms with Crippen LogP contribution in [0.25, 0.3) is 11.0 Å². The minimum absolute atomic E-state index is 0.0310. The molecule has 2 aromatic rings. The highest BCUT2D eigenvalue weighted by atomic mass is 16.2. The number of amides is 1. The molecule has 0 bridgehead atoms. The number of likely N-dealkylation sites (N-methyl/N-ethyl adjacent to an activating group) is 2. The molecule has 0 unspecified atom stereocenters. The molecule has 1 aliphatic heterocycles. The van der Waals surface area contributed by atoms with Crippen LogP contribution in [-0.2, 0) is 0 Å².